The summed E-state index contributed by atoms with van der Waals surface area (Å²) >= 11 is 3.17. The SMILES string of the molecule is C[C@@H]1CN(C(=O)c2cc(Br)c(O)c(C#N)c2)c2c(cnn2C)O1. The number of nitriles is 1. The topological polar surface area (TPSA) is 91.4 Å². The Bertz CT molecular complexity index is 840. The van der Waals surface area contributed by atoms with Crippen molar-refractivity contribution in [3.05, 3.63) is 33.9 Å². The third kappa shape index (κ3) is 2.53. The first-order valence-corrected chi connectivity index (χ1v) is 7.64. The largest absolute Gasteiger partial charge is 0.505 e. The van der Waals surface area contributed by atoms with Crippen LogP contribution < -0.4 is 9.64 Å². The number of carbonyl (C=O) groups excluding carboxylic acids is 1. The summed E-state index contributed by atoms with van der Waals surface area (Å²) in [6.07, 6.45) is 1.39. The molecule has 23 heavy (non-hydrogen) atoms. The summed E-state index contributed by atoms with van der Waals surface area (Å²) in [5.74, 6) is 0.636. The predicted molar refractivity (Wildman–Crippen MR) is 85.5 cm³/mol. The number of aromatic hydroxyl groups is 1. The van der Waals surface area contributed by atoms with E-state index in [1.165, 1.54) is 12.1 Å². The van der Waals surface area contributed by atoms with Gasteiger partial charge in [0.25, 0.3) is 5.91 Å². The van der Waals surface area contributed by atoms with Gasteiger partial charge in [-0.1, -0.05) is 0 Å². The number of halogens is 1. The maximum atomic E-state index is 12.9. The van der Waals surface area contributed by atoms with Crippen LogP contribution in [0.25, 0.3) is 0 Å². The zero-order valence-corrected chi connectivity index (χ0v) is 14.0. The van der Waals surface area contributed by atoms with E-state index in [4.69, 9.17) is 10.00 Å². The second kappa shape index (κ2) is 5.59. The first-order chi connectivity index (χ1) is 10.9. The smallest absolute Gasteiger partial charge is 0.259 e. The van der Waals surface area contributed by atoms with Crippen molar-refractivity contribution in [2.75, 3.05) is 11.4 Å². The number of anilines is 1. The lowest BCUT2D eigenvalue weighted by molar-refractivity contribution is 0.0958. The first-order valence-electron chi connectivity index (χ1n) is 6.85. The first kappa shape index (κ1) is 15.4. The molecule has 2 aromatic rings. The molecule has 8 heteroatoms. The van der Waals surface area contributed by atoms with Gasteiger partial charge in [-0.2, -0.15) is 10.4 Å². The van der Waals surface area contributed by atoms with Gasteiger partial charge in [-0.05, 0) is 35.0 Å². The molecule has 0 spiro atoms. The van der Waals surface area contributed by atoms with E-state index >= 15 is 0 Å². The number of hydrogen-bond acceptors (Lipinski definition) is 5. The van der Waals surface area contributed by atoms with Crippen molar-refractivity contribution < 1.29 is 14.6 Å². The molecule has 0 aliphatic carbocycles. The van der Waals surface area contributed by atoms with Crippen LogP contribution in [0.2, 0.25) is 0 Å². The Morgan fingerprint density at radius 1 is 1.57 bits per heavy atom. The number of amides is 1. The van der Waals surface area contributed by atoms with Gasteiger partial charge in [0.1, 0.15) is 17.9 Å². The molecule has 1 amide bonds. The molecule has 3 rings (SSSR count). The minimum absolute atomic E-state index is 0.0364. The molecule has 0 unspecified atom stereocenters. The van der Waals surface area contributed by atoms with E-state index in [1.54, 1.807) is 22.8 Å². The zero-order valence-electron chi connectivity index (χ0n) is 12.4. The van der Waals surface area contributed by atoms with Gasteiger partial charge < -0.3 is 9.84 Å². The van der Waals surface area contributed by atoms with Crippen molar-refractivity contribution in [1.82, 2.24) is 9.78 Å². The number of phenolic OH excluding ortho intramolecular Hbond substituents is 1. The molecule has 0 fully saturated rings. The fraction of sp³-hybridized carbons (Fsp3) is 0.267. The number of rotatable bonds is 1. The van der Waals surface area contributed by atoms with Crippen molar-refractivity contribution in [2.24, 2.45) is 7.05 Å². The van der Waals surface area contributed by atoms with Crippen LogP contribution in [0.1, 0.15) is 22.8 Å². The predicted octanol–water partition coefficient (Wildman–Crippen LogP) is 2.19. The van der Waals surface area contributed by atoms with E-state index in [-0.39, 0.29) is 23.3 Å². The van der Waals surface area contributed by atoms with Crippen LogP contribution in [0.15, 0.2) is 22.8 Å². The van der Waals surface area contributed by atoms with E-state index in [0.29, 0.717) is 28.1 Å². The molecule has 0 saturated carbocycles. The summed E-state index contributed by atoms with van der Waals surface area (Å²) in [7, 11) is 1.73. The number of aromatic nitrogens is 2. The van der Waals surface area contributed by atoms with Crippen molar-refractivity contribution in [3.8, 4) is 17.6 Å². The monoisotopic (exact) mass is 376 g/mol. The summed E-state index contributed by atoms with van der Waals surface area (Å²) < 4.78 is 7.54. The van der Waals surface area contributed by atoms with Gasteiger partial charge in [-0.3, -0.25) is 9.69 Å². The number of ether oxygens (including phenoxy) is 1. The van der Waals surface area contributed by atoms with Crippen molar-refractivity contribution in [3.63, 3.8) is 0 Å². The Morgan fingerprint density at radius 3 is 3.00 bits per heavy atom. The molecule has 1 aliphatic rings. The van der Waals surface area contributed by atoms with Crippen LogP contribution in [0.5, 0.6) is 11.5 Å². The van der Waals surface area contributed by atoms with Gasteiger partial charge in [0.2, 0.25) is 0 Å². The van der Waals surface area contributed by atoms with Crippen molar-refractivity contribution >= 4 is 27.7 Å². The molecular weight excluding hydrogens is 364 g/mol. The molecular formula is C15H13BrN4O3. The van der Waals surface area contributed by atoms with E-state index in [9.17, 15) is 9.90 Å². The molecule has 1 aromatic heterocycles. The fourth-order valence-corrected chi connectivity index (χ4v) is 3.00. The minimum atomic E-state index is -0.290. The molecule has 0 bridgehead atoms. The maximum absolute atomic E-state index is 12.9. The van der Waals surface area contributed by atoms with E-state index in [1.807, 2.05) is 13.0 Å². The number of carbonyl (C=O) groups is 1. The molecule has 1 N–H and O–H groups in total. The third-order valence-corrected chi connectivity index (χ3v) is 4.18. The van der Waals surface area contributed by atoms with Gasteiger partial charge in [-0.25, -0.2) is 4.68 Å². The van der Waals surface area contributed by atoms with Crippen LogP contribution in [0.4, 0.5) is 5.82 Å². The van der Waals surface area contributed by atoms with Crippen molar-refractivity contribution in [2.45, 2.75) is 13.0 Å². The van der Waals surface area contributed by atoms with Gasteiger partial charge in [0, 0.05) is 12.6 Å². The van der Waals surface area contributed by atoms with E-state index < -0.39 is 0 Å². The second-order valence-electron chi connectivity index (χ2n) is 5.27. The van der Waals surface area contributed by atoms with Crippen LogP contribution >= 0.6 is 15.9 Å². The van der Waals surface area contributed by atoms with Crippen LogP contribution in [0.3, 0.4) is 0 Å². The van der Waals surface area contributed by atoms with Crippen LogP contribution in [-0.4, -0.2) is 33.4 Å². The molecule has 1 aromatic carbocycles. The maximum Gasteiger partial charge on any atom is 0.259 e. The van der Waals surface area contributed by atoms with Gasteiger partial charge >= 0.3 is 0 Å². The Kier molecular flexibility index (Phi) is 3.74. The Hall–Kier alpha value is -2.53. The summed E-state index contributed by atoms with van der Waals surface area (Å²) in [5.41, 5.74) is 0.335. The number of aryl methyl sites for hydroxylation is 1. The lowest BCUT2D eigenvalue weighted by atomic mass is 10.1. The Labute approximate surface area is 140 Å². The highest BCUT2D eigenvalue weighted by atomic mass is 79.9. The number of nitrogens with zero attached hydrogens (tertiary/aromatic N) is 4. The average Bonchev–Trinajstić information content (AvgIpc) is 2.89. The van der Waals surface area contributed by atoms with Crippen molar-refractivity contribution in [1.29, 1.82) is 5.26 Å². The van der Waals surface area contributed by atoms with Gasteiger partial charge in [0.15, 0.2) is 11.6 Å². The number of fused-ring (bicyclic) bond motifs is 1. The number of benzene rings is 1. The van der Waals surface area contributed by atoms with Crippen LogP contribution in [-0.2, 0) is 7.05 Å². The Morgan fingerprint density at radius 2 is 2.30 bits per heavy atom. The highest BCUT2D eigenvalue weighted by Crippen LogP contribution is 2.35. The lowest BCUT2D eigenvalue weighted by Crippen LogP contribution is -2.43. The summed E-state index contributed by atoms with van der Waals surface area (Å²) in [6, 6.07) is 4.74. The molecule has 1 atom stereocenters. The molecule has 2 heterocycles. The normalized spacial score (nSPS) is 16.4. The molecule has 118 valence electrons. The summed E-state index contributed by atoms with van der Waals surface area (Å²) in [4.78, 5) is 14.5. The Balaban J connectivity index is 2.06. The highest BCUT2D eigenvalue weighted by molar-refractivity contribution is 9.10. The quantitative estimate of drug-likeness (QED) is 0.823. The lowest BCUT2D eigenvalue weighted by Gasteiger charge is -2.31. The summed E-state index contributed by atoms with van der Waals surface area (Å²) in [6.45, 7) is 2.23. The van der Waals surface area contributed by atoms with E-state index in [0.717, 1.165) is 0 Å². The van der Waals surface area contributed by atoms with Gasteiger partial charge in [0.05, 0.1) is 22.8 Å². The fourth-order valence-electron chi connectivity index (χ4n) is 2.54. The molecule has 7 nitrogen and oxygen atoms in total. The van der Waals surface area contributed by atoms with Crippen LogP contribution in [0, 0.1) is 11.3 Å². The third-order valence-electron chi connectivity index (χ3n) is 3.57. The number of hydrogen-bond donors (Lipinski definition) is 1. The van der Waals surface area contributed by atoms with E-state index in [2.05, 4.69) is 21.0 Å². The molecule has 1 aliphatic heterocycles. The second-order valence-corrected chi connectivity index (χ2v) is 6.12. The number of phenols is 1. The average molecular weight is 377 g/mol. The summed E-state index contributed by atoms with van der Waals surface area (Å²) in [5, 5.41) is 23.0. The zero-order chi connectivity index (χ0) is 16.7. The van der Waals surface area contributed by atoms with Gasteiger partial charge in [-0.15, -0.1) is 0 Å². The standard InChI is InChI=1S/C15H13BrN4O3/c1-8-7-20(14-12(23-8)6-18-19(14)2)15(22)9-3-10(5-17)13(21)11(16)4-9/h3-4,6,8,21H,7H2,1-2H3/t8-/m1/s1. The highest BCUT2D eigenvalue weighted by Gasteiger charge is 2.32. The molecule has 0 radical (unpaired) electrons. The molecule has 0 saturated heterocycles. The minimum Gasteiger partial charge on any atom is -0.505 e.